The zero-order valence-electron chi connectivity index (χ0n) is 13.5. The molecule has 0 aliphatic carbocycles. The first-order valence-corrected chi connectivity index (χ1v) is 7.46. The van der Waals surface area contributed by atoms with Crippen molar-refractivity contribution >= 4 is 0 Å². The average Bonchev–Trinajstić information content (AvgIpc) is 2.41. The third kappa shape index (κ3) is 4.19. The van der Waals surface area contributed by atoms with E-state index in [-0.39, 0.29) is 0 Å². The Balaban J connectivity index is 5.05. The Kier molecular flexibility index (Phi) is 7.35. The largest absolute Gasteiger partial charge is 0.402 e. The summed E-state index contributed by atoms with van der Waals surface area (Å²) in [5, 5.41) is 0. The molecule has 0 rings (SSSR count). The van der Waals surface area contributed by atoms with E-state index in [4.69, 9.17) is 5.73 Å². The Morgan fingerprint density at radius 3 is 2.11 bits per heavy atom. The second-order valence-corrected chi connectivity index (χ2v) is 5.90. The standard InChI is InChI=1S/C17H33N/c1-8-14(5)17(7,10-3)15(6)13(4)11-12-16(18)9-2/h11-12,14-15H,8-10,18H2,1-7H3/b13-11-,16-12-. The van der Waals surface area contributed by atoms with Crippen molar-refractivity contribution in [3.63, 3.8) is 0 Å². The van der Waals surface area contributed by atoms with Crippen LogP contribution in [0.4, 0.5) is 0 Å². The second kappa shape index (κ2) is 7.66. The number of hydrogen-bond acceptors (Lipinski definition) is 1. The van der Waals surface area contributed by atoms with E-state index in [1.165, 1.54) is 18.4 Å². The van der Waals surface area contributed by atoms with Crippen LogP contribution in [0.15, 0.2) is 23.4 Å². The molecule has 0 bridgehead atoms. The van der Waals surface area contributed by atoms with Crippen LogP contribution in [0.1, 0.15) is 67.7 Å². The molecule has 0 fully saturated rings. The molecule has 0 radical (unpaired) electrons. The quantitative estimate of drug-likeness (QED) is 0.612. The molecule has 0 aliphatic heterocycles. The summed E-state index contributed by atoms with van der Waals surface area (Å²) in [6.07, 6.45) is 7.67. The zero-order valence-corrected chi connectivity index (χ0v) is 13.5. The van der Waals surface area contributed by atoms with Gasteiger partial charge in [0, 0.05) is 5.70 Å². The Hall–Kier alpha value is -0.720. The van der Waals surface area contributed by atoms with Crippen molar-refractivity contribution in [2.45, 2.75) is 67.7 Å². The predicted molar refractivity (Wildman–Crippen MR) is 83.3 cm³/mol. The van der Waals surface area contributed by atoms with E-state index in [9.17, 15) is 0 Å². The van der Waals surface area contributed by atoms with Gasteiger partial charge in [-0.1, -0.05) is 59.6 Å². The van der Waals surface area contributed by atoms with Gasteiger partial charge in [-0.25, -0.2) is 0 Å². The van der Waals surface area contributed by atoms with Gasteiger partial charge in [0.25, 0.3) is 0 Å². The summed E-state index contributed by atoms with van der Waals surface area (Å²) >= 11 is 0. The maximum absolute atomic E-state index is 5.87. The molecule has 1 heteroatoms. The van der Waals surface area contributed by atoms with E-state index in [0.717, 1.165) is 18.0 Å². The van der Waals surface area contributed by atoms with Gasteiger partial charge >= 0.3 is 0 Å². The van der Waals surface area contributed by atoms with Crippen molar-refractivity contribution < 1.29 is 0 Å². The highest BCUT2D eigenvalue weighted by molar-refractivity contribution is 5.18. The van der Waals surface area contributed by atoms with Crippen LogP contribution in [0, 0.1) is 17.3 Å². The first-order valence-electron chi connectivity index (χ1n) is 7.46. The molecule has 0 amide bonds. The minimum atomic E-state index is 0.379. The third-order valence-corrected chi connectivity index (χ3v) is 5.14. The molecule has 0 heterocycles. The minimum absolute atomic E-state index is 0.379. The van der Waals surface area contributed by atoms with Gasteiger partial charge in [0.05, 0.1) is 0 Å². The number of hydrogen-bond donors (Lipinski definition) is 1. The zero-order chi connectivity index (χ0) is 14.3. The van der Waals surface area contributed by atoms with Gasteiger partial charge < -0.3 is 5.73 Å². The van der Waals surface area contributed by atoms with Crippen LogP contribution in [0.3, 0.4) is 0 Å². The van der Waals surface area contributed by atoms with Crippen LogP contribution < -0.4 is 5.73 Å². The van der Waals surface area contributed by atoms with E-state index in [1.807, 2.05) is 0 Å². The Morgan fingerprint density at radius 1 is 1.17 bits per heavy atom. The van der Waals surface area contributed by atoms with Crippen LogP contribution in [0.5, 0.6) is 0 Å². The van der Waals surface area contributed by atoms with E-state index in [2.05, 4.69) is 60.6 Å². The van der Waals surface area contributed by atoms with Crippen molar-refractivity contribution in [3.8, 4) is 0 Å². The lowest BCUT2D eigenvalue weighted by Crippen LogP contribution is -2.32. The molecule has 3 atom stereocenters. The first kappa shape index (κ1) is 17.3. The fourth-order valence-electron chi connectivity index (χ4n) is 2.57. The highest BCUT2D eigenvalue weighted by atomic mass is 14.6. The molecular weight excluding hydrogens is 218 g/mol. The maximum atomic E-state index is 5.87. The summed E-state index contributed by atoms with van der Waals surface area (Å²) in [4.78, 5) is 0. The molecule has 0 aliphatic rings. The van der Waals surface area contributed by atoms with E-state index in [0.29, 0.717) is 11.3 Å². The summed E-state index contributed by atoms with van der Waals surface area (Å²) in [5.74, 6) is 1.34. The van der Waals surface area contributed by atoms with Gasteiger partial charge in [0.2, 0.25) is 0 Å². The van der Waals surface area contributed by atoms with Gasteiger partial charge in [-0.05, 0) is 43.1 Å². The molecule has 1 nitrogen and oxygen atoms in total. The summed E-state index contributed by atoms with van der Waals surface area (Å²) < 4.78 is 0. The SMILES string of the molecule is CC/C(N)=C/C=C(/C)C(C)C(C)(CC)C(C)CC. The van der Waals surface area contributed by atoms with Gasteiger partial charge in [0.1, 0.15) is 0 Å². The monoisotopic (exact) mass is 251 g/mol. The fraction of sp³-hybridized carbons (Fsp3) is 0.765. The normalized spacial score (nSPS) is 20.4. The Labute approximate surface area is 115 Å². The van der Waals surface area contributed by atoms with E-state index < -0.39 is 0 Å². The van der Waals surface area contributed by atoms with E-state index in [1.54, 1.807) is 0 Å². The molecule has 0 aromatic carbocycles. The summed E-state index contributed by atoms with van der Waals surface area (Å²) in [6, 6.07) is 0. The molecule has 0 spiro atoms. The molecule has 0 saturated heterocycles. The van der Waals surface area contributed by atoms with Crippen LogP contribution in [-0.4, -0.2) is 0 Å². The lowest BCUT2D eigenvalue weighted by atomic mass is 9.64. The lowest BCUT2D eigenvalue weighted by Gasteiger charge is -2.41. The molecule has 18 heavy (non-hydrogen) atoms. The lowest BCUT2D eigenvalue weighted by molar-refractivity contribution is 0.125. The third-order valence-electron chi connectivity index (χ3n) is 5.14. The number of rotatable bonds is 7. The van der Waals surface area contributed by atoms with Gasteiger partial charge in [-0.2, -0.15) is 0 Å². The highest BCUT2D eigenvalue weighted by Crippen LogP contribution is 2.43. The van der Waals surface area contributed by atoms with Crippen LogP contribution >= 0.6 is 0 Å². The molecule has 0 aromatic heterocycles. The average molecular weight is 251 g/mol. The molecule has 106 valence electrons. The van der Waals surface area contributed by atoms with Gasteiger partial charge in [0.15, 0.2) is 0 Å². The molecule has 0 saturated carbocycles. The van der Waals surface area contributed by atoms with Crippen molar-refractivity contribution in [1.82, 2.24) is 0 Å². The van der Waals surface area contributed by atoms with Crippen molar-refractivity contribution in [1.29, 1.82) is 0 Å². The smallest absolute Gasteiger partial charge is 0.00776 e. The van der Waals surface area contributed by atoms with Gasteiger partial charge in [-0.15, -0.1) is 0 Å². The summed E-state index contributed by atoms with van der Waals surface area (Å²) in [5.41, 5.74) is 8.65. The van der Waals surface area contributed by atoms with Crippen LogP contribution in [0.25, 0.3) is 0 Å². The maximum Gasteiger partial charge on any atom is 0.00776 e. The molecular formula is C17H33N. The fourth-order valence-corrected chi connectivity index (χ4v) is 2.57. The first-order chi connectivity index (χ1) is 8.33. The Morgan fingerprint density at radius 2 is 1.72 bits per heavy atom. The summed E-state index contributed by atoms with van der Waals surface area (Å²) in [6.45, 7) is 16.1. The minimum Gasteiger partial charge on any atom is -0.402 e. The second-order valence-electron chi connectivity index (χ2n) is 5.90. The number of nitrogens with two attached hydrogens (primary N) is 1. The molecule has 2 N–H and O–H groups in total. The van der Waals surface area contributed by atoms with Crippen molar-refractivity contribution in [2.24, 2.45) is 23.0 Å². The van der Waals surface area contributed by atoms with Gasteiger partial charge in [-0.3, -0.25) is 0 Å². The van der Waals surface area contributed by atoms with Crippen LogP contribution in [-0.2, 0) is 0 Å². The molecule has 0 aromatic rings. The highest BCUT2D eigenvalue weighted by Gasteiger charge is 2.34. The Bertz CT molecular complexity index is 301. The predicted octanol–water partition coefficient (Wildman–Crippen LogP) is 5.28. The van der Waals surface area contributed by atoms with Crippen molar-refractivity contribution in [2.75, 3.05) is 0 Å². The van der Waals surface area contributed by atoms with E-state index >= 15 is 0 Å². The van der Waals surface area contributed by atoms with Crippen molar-refractivity contribution in [3.05, 3.63) is 23.4 Å². The van der Waals surface area contributed by atoms with Crippen LogP contribution in [0.2, 0.25) is 0 Å². The summed E-state index contributed by atoms with van der Waals surface area (Å²) in [7, 11) is 0. The topological polar surface area (TPSA) is 26.0 Å². The molecule has 3 unspecified atom stereocenters. The number of allylic oxidation sites excluding steroid dienone is 4.